The van der Waals surface area contributed by atoms with Crippen LogP contribution in [0.25, 0.3) is 0 Å². The fourth-order valence-corrected chi connectivity index (χ4v) is 2.80. The summed E-state index contributed by atoms with van der Waals surface area (Å²) < 4.78 is 18.7. The van der Waals surface area contributed by atoms with E-state index in [0.717, 1.165) is 0 Å². The van der Waals surface area contributed by atoms with E-state index < -0.39 is 5.82 Å². The fraction of sp³-hybridized carbons (Fsp3) is 0.222. The Morgan fingerprint density at radius 2 is 2.08 bits per heavy atom. The maximum atomic E-state index is 13.5. The van der Waals surface area contributed by atoms with E-state index in [0.29, 0.717) is 35.7 Å². The molecule has 1 N–H and O–H groups in total. The summed E-state index contributed by atoms with van der Waals surface area (Å²) in [4.78, 5) is 26.4. The largest absolute Gasteiger partial charge is 0.496 e. The van der Waals surface area contributed by atoms with Crippen molar-refractivity contribution in [1.82, 2.24) is 5.32 Å². The quantitative estimate of drug-likeness (QED) is 0.939. The molecular formula is C18H17FN2O3. The zero-order valence-electron chi connectivity index (χ0n) is 13.2. The maximum Gasteiger partial charge on any atom is 0.253 e. The van der Waals surface area contributed by atoms with E-state index in [-0.39, 0.29) is 18.2 Å². The van der Waals surface area contributed by atoms with Gasteiger partial charge in [-0.3, -0.25) is 9.59 Å². The number of nitrogens with one attached hydrogen (secondary N) is 1. The lowest BCUT2D eigenvalue weighted by molar-refractivity contribution is -0.118. The van der Waals surface area contributed by atoms with Gasteiger partial charge in [0.25, 0.3) is 5.91 Å². The minimum absolute atomic E-state index is 0.0105. The van der Waals surface area contributed by atoms with Crippen molar-refractivity contribution in [2.75, 3.05) is 25.1 Å². The molecule has 0 atom stereocenters. The number of benzene rings is 2. The van der Waals surface area contributed by atoms with Gasteiger partial charge < -0.3 is 15.0 Å². The van der Waals surface area contributed by atoms with E-state index in [1.54, 1.807) is 29.2 Å². The van der Waals surface area contributed by atoms with Gasteiger partial charge in [0.2, 0.25) is 5.91 Å². The molecule has 2 aromatic carbocycles. The summed E-state index contributed by atoms with van der Waals surface area (Å²) in [6.45, 7) is 0.721. The molecular weight excluding hydrogens is 311 g/mol. The monoisotopic (exact) mass is 328 g/mol. The number of anilines is 1. The third kappa shape index (κ3) is 3.08. The fourth-order valence-electron chi connectivity index (χ4n) is 2.80. The molecule has 0 aromatic heterocycles. The van der Waals surface area contributed by atoms with Crippen LogP contribution in [0.5, 0.6) is 5.75 Å². The molecule has 5 nitrogen and oxygen atoms in total. The van der Waals surface area contributed by atoms with Crippen LogP contribution in [0.3, 0.4) is 0 Å². The standard InChI is InChI=1S/C18H17FN2O3/c1-24-16-7-6-13(19)10-12(16)11-17(22)21-9-8-20-18(23)14-4-2-3-5-15(14)21/h2-7,10H,8-9,11H2,1H3,(H,20,23). The van der Waals surface area contributed by atoms with Crippen molar-refractivity contribution in [3.05, 3.63) is 59.4 Å². The molecule has 0 fully saturated rings. The summed E-state index contributed by atoms with van der Waals surface area (Å²) >= 11 is 0. The SMILES string of the molecule is COc1ccc(F)cc1CC(=O)N1CCNC(=O)c2ccccc21. The molecule has 0 saturated carbocycles. The van der Waals surface area contributed by atoms with Gasteiger partial charge in [-0.2, -0.15) is 0 Å². The molecule has 0 aliphatic carbocycles. The molecule has 2 amide bonds. The van der Waals surface area contributed by atoms with Crippen LogP contribution in [0.2, 0.25) is 0 Å². The van der Waals surface area contributed by atoms with Gasteiger partial charge in [0.05, 0.1) is 24.8 Å². The van der Waals surface area contributed by atoms with E-state index in [2.05, 4.69) is 5.32 Å². The lowest BCUT2D eigenvalue weighted by atomic mass is 10.1. The molecule has 124 valence electrons. The highest BCUT2D eigenvalue weighted by molar-refractivity contribution is 6.06. The number of hydrogen-bond acceptors (Lipinski definition) is 3. The van der Waals surface area contributed by atoms with Crippen molar-refractivity contribution < 1.29 is 18.7 Å². The summed E-state index contributed by atoms with van der Waals surface area (Å²) in [5.74, 6) is -0.388. The second kappa shape index (κ2) is 6.70. The highest BCUT2D eigenvalue weighted by atomic mass is 19.1. The highest BCUT2D eigenvalue weighted by Crippen LogP contribution is 2.25. The summed E-state index contributed by atoms with van der Waals surface area (Å²) in [7, 11) is 1.48. The number of fused-ring (bicyclic) bond motifs is 1. The van der Waals surface area contributed by atoms with Gasteiger partial charge in [0, 0.05) is 18.7 Å². The van der Waals surface area contributed by atoms with Crippen molar-refractivity contribution in [1.29, 1.82) is 0 Å². The van der Waals surface area contributed by atoms with Gasteiger partial charge in [0.15, 0.2) is 0 Å². The molecule has 2 aromatic rings. The predicted molar refractivity (Wildman–Crippen MR) is 87.8 cm³/mol. The Labute approximate surface area is 139 Å². The van der Waals surface area contributed by atoms with Crippen LogP contribution in [-0.2, 0) is 11.2 Å². The molecule has 6 heteroatoms. The number of nitrogens with zero attached hydrogens (tertiary/aromatic N) is 1. The van der Waals surface area contributed by atoms with Crippen molar-refractivity contribution in [2.45, 2.75) is 6.42 Å². The Bertz CT molecular complexity index is 792. The van der Waals surface area contributed by atoms with Crippen molar-refractivity contribution in [3.8, 4) is 5.75 Å². The van der Waals surface area contributed by atoms with Gasteiger partial charge in [0.1, 0.15) is 11.6 Å². The average Bonchev–Trinajstić information content (AvgIpc) is 2.75. The zero-order chi connectivity index (χ0) is 17.1. The number of para-hydroxylation sites is 1. The number of ether oxygens (including phenoxy) is 1. The molecule has 0 unspecified atom stereocenters. The van der Waals surface area contributed by atoms with Crippen LogP contribution in [-0.4, -0.2) is 32.0 Å². The summed E-state index contributed by atoms with van der Waals surface area (Å²) in [6.07, 6.45) is -0.0105. The highest BCUT2D eigenvalue weighted by Gasteiger charge is 2.25. The number of halogens is 1. The van der Waals surface area contributed by atoms with Crippen molar-refractivity contribution >= 4 is 17.5 Å². The lowest BCUT2D eigenvalue weighted by Gasteiger charge is -2.22. The lowest BCUT2D eigenvalue weighted by Crippen LogP contribution is -2.36. The summed E-state index contributed by atoms with van der Waals surface area (Å²) in [5.41, 5.74) is 1.49. The van der Waals surface area contributed by atoms with E-state index in [1.807, 2.05) is 0 Å². The molecule has 24 heavy (non-hydrogen) atoms. The van der Waals surface area contributed by atoms with Crippen LogP contribution < -0.4 is 15.0 Å². The van der Waals surface area contributed by atoms with Crippen LogP contribution >= 0.6 is 0 Å². The van der Waals surface area contributed by atoms with Crippen LogP contribution in [0, 0.1) is 5.82 Å². The number of hydrogen-bond donors (Lipinski definition) is 1. The van der Waals surface area contributed by atoms with Gasteiger partial charge in [-0.25, -0.2) is 4.39 Å². The number of carbonyl (C=O) groups excluding carboxylic acids is 2. The smallest absolute Gasteiger partial charge is 0.253 e. The molecule has 3 rings (SSSR count). The number of amides is 2. The second-order valence-corrected chi connectivity index (χ2v) is 5.45. The summed E-state index contributed by atoms with van der Waals surface area (Å²) in [6, 6.07) is 11.0. The van der Waals surface area contributed by atoms with Crippen molar-refractivity contribution in [2.24, 2.45) is 0 Å². The Kier molecular flexibility index (Phi) is 4.46. The Hall–Kier alpha value is -2.89. The third-order valence-electron chi connectivity index (χ3n) is 3.95. The van der Waals surface area contributed by atoms with Crippen LogP contribution in [0.4, 0.5) is 10.1 Å². The van der Waals surface area contributed by atoms with Gasteiger partial charge in [-0.15, -0.1) is 0 Å². The van der Waals surface area contributed by atoms with Gasteiger partial charge >= 0.3 is 0 Å². The Morgan fingerprint density at radius 3 is 2.88 bits per heavy atom. The number of rotatable bonds is 3. The minimum atomic E-state index is -0.424. The molecule has 1 aliphatic rings. The molecule has 1 aliphatic heterocycles. The Morgan fingerprint density at radius 1 is 1.29 bits per heavy atom. The average molecular weight is 328 g/mol. The molecule has 0 radical (unpaired) electrons. The van der Waals surface area contributed by atoms with Gasteiger partial charge in [-0.1, -0.05) is 12.1 Å². The van der Waals surface area contributed by atoms with E-state index in [9.17, 15) is 14.0 Å². The normalized spacial score (nSPS) is 13.8. The Balaban J connectivity index is 1.92. The number of methoxy groups -OCH3 is 1. The second-order valence-electron chi connectivity index (χ2n) is 5.45. The summed E-state index contributed by atoms with van der Waals surface area (Å²) in [5, 5.41) is 2.76. The van der Waals surface area contributed by atoms with Crippen molar-refractivity contribution in [3.63, 3.8) is 0 Å². The topological polar surface area (TPSA) is 58.6 Å². The zero-order valence-corrected chi connectivity index (χ0v) is 13.2. The van der Waals surface area contributed by atoms with Gasteiger partial charge in [-0.05, 0) is 30.3 Å². The first-order valence-electron chi connectivity index (χ1n) is 7.60. The van der Waals surface area contributed by atoms with E-state index in [1.165, 1.54) is 25.3 Å². The third-order valence-corrected chi connectivity index (χ3v) is 3.95. The molecule has 0 saturated heterocycles. The van der Waals surface area contributed by atoms with E-state index in [4.69, 9.17) is 4.74 Å². The predicted octanol–water partition coefficient (Wildman–Crippen LogP) is 2.15. The maximum absolute atomic E-state index is 13.5. The first-order valence-corrected chi connectivity index (χ1v) is 7.60. The number of carbonyl (C=O) groups is 2. The van der Waals surface area contributed by atoms with E-state index >= 15 is 0 Å². The minimum Gasteiger partial charge on any atom is -0.496 e. The molecule has 0 bridgehead atoms. The first-order chi connectivity index (χ1) is 11.6. The first kappa shape index (κ1) is 16.0. The molecule has 0 spiro atoms. The van der Waals surface area contributed by atoms with Crippen LogP contribution in [0.1, 0.15) is 15.9 Å². The molecule has 1 heterocycles. The van der Waals surface area contributed by atoms with Crippen LogP contribution in [0.15, 0.2) is 42.5 Å².